The molecule has 0 amide bonds. The molecule has 0 aromatic heterocycles. The van der Waals surface area contributed by atoms with Crippen molar-refractivity contribution in [3.63, 3.8) is 0 Å². The van der Waals surface area contributed by atoms with Crippen molar-refractivity contribution in [2.45, 2.75) is 20.3 Å². The molecular formula is C13H16BrCl2F. The van der Waals surface area contributed by atoms with Crippen LogP contribution >= 0.6 is 39.1 Å². The molecule has 0 saturated heterocycles. The topological polar surface area (TPSA) is 0 Å². The van der Waals surface area contributed by atoms with Crippen molar-refractivity contribution in [2.24, 2.45) is 11.3 Å². The van der Waals surface area contributed by atoms with Crippen LogP contribution in [0.15, 0.2) is 22.7 Å². The lowest BCUT2D eigenvalue weighted by molar-refractivity contribution is 0.258. The first-order valence-corrected chi connectivity index (χ1v) is 7.37. The molecule has 1 aromatic carbocycles. The van der Waals surface area contributed by atoms with Crippen LogP contribution in [0.3, 0.4) is 0 Å². The fourth-order valence-electron chi connectivity index (χ4n) is 1.69. The van der Waals surface area contributed by atoms with Crippen molar-refractivity contribution < 1.29 is 4.39 Å². The van der Waals surface area contributed by atoms with Gasteiger partial charge in [0.1, 0.15) is 5.82 Å². The standard InChI is InChI=1S/C13H16BrCl2F/c1-9(2)13(7-15,8-16)6-10-3-4-11(17)5-12(10)14/h3-5,9H,6-8H2,1-2H3. The second-order valence-corrected chi connectivity index (χ2v) is 6.09. The summed E-state index contributed by atoms with van der Waals surface area (Å²) in [6, 6.07) is 4.73. The van der Waals surface area contributed by atoms with Gasteiger partial charge in [-0.25, -0.2) is 4.39 Å². The summed E-state index contributed by atoms with van der Waals surface area (Å²) in [6.07, 6.45) is 0.749. The Kier molecular flexibility index (Phi) is 5.75. The van der Waals surface area contributed by atoms with Crippen molar-refractivity contribution in [1.29, 1.82) is 0 Å². The summed E-state index contributed by atoms with van der Waals surface area (Å²) in [5, 5.41) is 0. The molecule has 0 bridgehead atoms. The van der Waals surface area contributed by atoms with Crippen LogP contribution in [-0.4, -0.2) is 11.8 Å². The highest BCUT2D eigenvalue weighted by molar-refractivity contribution is 9.10. The van der Waals surface area contributed by atoms with Gasteiger partial charge in [0.2, 0.25) is 0 Å². The van der Waals surface area contributed by atoms with Gasteiger partial charge in [0.25, 0.3) is 0 Å². The highest BCUT2D eigenvalue weighted by atomic mass is 79.9. The maximum atomic E-state index is 13.0. The zero-order chi connectivity index (χ0) is 13.1. The van der Waals surface area contributed by atoms with Gasteiger partial charge in [-0.2, -0.15) is 0 Å². The fourth-order valence-corrected chi connectivity index (χ4v) is 3.27. The molecule has 0 nitrogen and oxygen atoms in total. The third-order valence-electron chi connectivity index (χ3n) is 3.31. The van der Waals surface area contributed by atoms with Gasteiger partial charge >= 0.3 is 0 Å². The number of rotatable bonds is 5. The van der Waals surface area contributed by atoms with Crippen LogP contribution in [0.25, 0.3) is 0 Å². The van der Waals surface area contributed by atoms with E-state index in [1.807, 2.05) is 0 Å². The number of hydrogen-bond donors (Lipinski definition) is 0. The number of alkyl halides is 2. The van der Waals surface area contributed by atoms with Gasteiger partial charge in [0.05, 0.1) is 0 Å². The van der Waals surface area contributed by atoms with Crippen LogP contribution in [0.2, 0.25) is 0 Å². The van der Waals surface area contributed by atoms with Crippen LogP contribution < -0.4 is 0 Å². The second kappa shape index (κ2) is 6.40. The minimum atomic E-state index is -0.243. The molecule has 0 heterocycles. The molecule has 1 aromatic rings. The van der Waals surface area contributed by atoms with E-state index in [0.29, 0.717) is 17.7 Å². The van der Waals surface area contributed by atoms with E-state index in [4.69, 9.17) is 23.2 Å². The third-order valence-corrected chi connectivity index (χ3v) is 5.12. The Hall–Kier alpha value is 0.210. The van der Waals surface area contributed by atoms with Gasteiger partial charge in [0.15, 0.2) is 0 Å². The zero-order valence-electron chi connectivity index (χ0n) is 9.94. The molecule has 0 radical (unpaired) electrons. The maximum absolute atomic E-state index is 13.0. The third kappa shape index (κ3) is 3.59. The van der Waals surface area contributed by atoms with E-state index in [0.717, 1.165) is 16.5 Å². The van der Waals surface area contributed by atoms with Gasteiger partial charge in [-0.3, -0.25) is 0 Å². The summed E-state index contributed by atoms with van der Waals surface area (Å²) in [6.45, 7) is 4.23. The molecular weight excluding hydrogens is 326 g/mol. The lowest BCUT2D eigenvalue weighted by atomic mass is 9.76. The molecule has 0 atom stereocenters. The van der Waals surface area contributed by atoms with Crippen molar-refractivity contribution in [3.05, 3.63) is 34.1 Å². The monoisotopic (exact) mass is 340 g/mol. The summed E-state index contributed by atoms with van der Waals surface area (Å²) in [7, 11) is 0. The molecule has 0 aliphatic heterocycles. The van der Waals surface area contributed by atoms with Crippen molar-refractivity contribution in [3.8, 4) is 0 Å². The predicted molar refractivity (Wildman–Crippen MR) is 76.5 cm³/mol. The molecule has 1 rings (SSSR count). The summed E-state index contributed by atoms with van der Waals surface area (Å²) in [5.41, 5.74) is 0.894. The Morgan fingerprint density at radius 3 is 2.29 bits per heavy atom. The van der Waals surface area contributed by atoms with Gasteiger partial charge in [-0.15, -0.1) is 23.2 Å². The average molecular weight is 342 g/mol. The van der Waals surface area contributed by atoms with Gasteiger partial charge in [0, 0.05) is 21.6 Å². The number of halogens is 4. The largest absolute Gasteiger partial charge is 0.207 e. The van der Waals surface area contributed by atoms with Gasteiger partial charge in [-0.05, 0) is 30.0 Å². The van der Waals surface area contributed by atoms with E-state index in [2.05, 4.69) is 29.8 Å². The van der Waals surface area contributed by atoms with Crippen LogP contribution in [0.1, 0.15) is 19.4 Å². The molecule has 0 saturated carbocycles. The normalized spacial score (nSPS) is 12.2. The SMILES string of the molecule is CC(C)C(CCl)(CCl)Cc1ccc(F)cc1Br. The van der Waals surface area contributed by atoms with Crippen molar-refractivity contribution in [2.75, 3.05) is 11.8 Å². The molecule has 17 heavy (non-hydrogen) atoms. The number of hydrogen-bond acceptors (Lipinski definition) is 0. The molecule has 0 spiro atoms. The van der Waals surface area contributed by atoms with Crippen LogP contribution in [0.5, 0.6) is 0 Å². The average Bonchev–Trinajstić information content (AvgIpc) is 2.28. The summed E-state index contributed by atoms with van der Waals surface area (Å²) in [5.74, 6) is 1.12. The molecule has 4 heteroatoms. The first-order chi connectivity index (χ1) is 7.95. The smallest absolute Gasteiger partial charge is 0.124 e. The van der Waals surface area contributed by atoms with E-state index in [-0.39, 0.29) is 11.2 Å². The Labute approximate surface area is 121 Å². The summed E-state index contributed by atoms with van der Waals surface area (Å²) < 4.78 is 13.8. The zero-order valence-corrected chi connectivity index (χ0v) is 13.0. The highest BCUT2D eigenvalue weighted by Gasteiger charge is 2.33. The molecule has 0 fully saturated rings. The molecule has 0 aliphatic rings. The van der Waals surface area contributed by atoms with E-state index in [9.17, 15) is 4.39 Å². The molecule has 0 N–H and O–H groups in total. The Morgan fingerprint density at radius 2 is 1.88 bits per heavy atom. The van der Waals surface area contributed by atoms with Crippen LogP contribution in [-0.2, 0) is 6.42 Å². The lowest BCUT2D eigenvalue weighted by Crippen LogP contribution is -2.34. The Morgan fingerprint density at radius 1 is 1.29 bits per heavy atom. The van der Waals surface area contributed by atoms with Crippen molar-refractivity contribution in [1.82, 2.24) is 0 Å². The van der Waals surface area contributed by atoms with E-state index >= 15 is 0 Å². The van der Waals surface area contributed by atoms with E-state index in [1.54, 1.807) is 6.07 Å². The molecule has 96 valence electrons. The van der Waals surface area contributed by atoms with E-state index < -0.39 is 0 Å². The lowest BCUT2D eigenvalue weighted by Gasteiger charge is -2.34. The van der Waals surface area contributed by atoms with Crippen LogP contribution in [0, 0.1) is 17.2 Å². The van der Waals surface area contributed by atoms with E-state index in [1.165, 1.54) is 12.1 Å². The molecule has 0 unspecified atom stereocenters. The fraction of sp³-hybridized carbons (Fsp3) is 0.538. The van der Waals surface area contributed by atoms with Gasteiger partial charge < -0.3 is 0 Å². The minimum absolute atomic E-state index is 0.149. The maximum Gasteiger partial charge on any atom is 0.124 e. The first kappa shape index (κ1) is 15.3. The number of benzene rings is 1. The minimum Gasteiger partial charge on any atom is -0.207 e. The Balaban J connectivity index is 3.01. The van der Waals surface area contributed by atoms with Crippen LogP contribution in [0.4, 0.5) is 4.39 Å². The summed E-state index contributed by atoms with van der Waals surface area (Å²) in [4.78, 5) is 0. The second-order valence-electron chi connectivity index (χ2n) is 4.70. The summed E-state index contributed by atoms with van der Waals surface area (Å²) >= 11 is 15.5. The van der Waals surface area contributed by atoms with Crippen molar-refractivity contribution >= 4 is 39.1 Å². The van der Waals surface area contributed by atoms with Gasteiger partial charge in [-0.1, -0.05) is 35.8 Å². The first-order valence-electron chi connectivity index (χ1n) is 5.51. The molecule has 0 aliphatic carbocycles. The predicted octanol–water partition coefficient (Wildman–Crippen LogP) is 5.25. The highest BCUT2D eigenvalue weighted by Crippen LogP contribution is 2.36. The Bertz CT molecular complexity index is 376. The quantitative estimate of drug-likeness (QED) is 0.641.